The minimum absolute atomic E-state index is 0.0108. The number of rotatable bonds is 8. The maximum atomic E-state index is 16.5. The van der Waals surface area contributed by atoms with Gasteiger partial charge in [-0.3, -0.25) is 4.98 Å². The molecule has 4 heterocycles. The summed E-state index contributed by atoms with van der Waals surface area (Å²) < 4.78 is 28.0. The van der Waals surface area contributed by atoms with Gasteiger partial charge in [-0.15, -0.1) is 0 Å². The molecule has 0 amide bonds. The number of aromatic hydroxyl groups is 1. The van der Waals surface area contributed by atoms with Gasteiger partial charge >= 0.3 is 6.01 Å². The molecule has 2 aliphatic rings. The molecule has 2 aromatic carbocycles. The van der Waals surface area contributed by atoms with E-state index in [0.717, 1.165) is 25.7 Å². The molecular weight excluding hydrogens is 569 g/mol. The average molecular weight is 606 g/mol. The molecule has 43 heavy (non-hydrogen) atoms. The molecule has 2 aromatic heterocycles. The SMILES string of the molecule is CN1CCCC[C@H]1CCC/C=C\Oc1nc(N2CCCOCC2)c2cnc(-c3cc(O)cc4cccc(Cl)c34)c(F)c2n1. The van der Waals surface area contributed by atoms with E-state index in [-0.39, 0.29) is 23.0 Å². The third kappa shape index (κ3) is 6.54. The number of hydrogen-bond donors (Lipinski definition) is 1. The number of allylic oxidation sites excluding steroid dienone is 1. The summed E-state index contributed by atoms with van der Waals surface area (Å²) in [6.07, 6.45) is 12.9. The Labute approximate surface area is 256 Å². The lowest BCUT2D eigenvalue weighted by Gasteiger charge is -2.32. The Morgan fingerprint density at radius 3 is 2.93 bits per heavy atom. The van der Waals surface area contributed by atoms with Gasteiger partial charge in [-0.05, 0) is 81.8 Å². The number of pyridine rings is 1. The first-order valence-electron chi connectivity index (χ1n) is 15.1. The van der Waals surface area contributed by atoms with Gasteiger partial charge in [0.2, 0.25) is 0 Å². The molecule has 226 valence electrons. The highest BCUT2D eigenvalue weighted by Crippen LogP contribution is 2.39. The van der Waals surface area contributed by atoms with Gasteiger partial charge < -0.3 is 24.4 Å². The minimum atomic E-state index is -0.635. The zero-order chi connectivity index (χ0) is 29.8. The van der Waals surface area contributed by atoms with Crippen LogP contribution in [0.2, 0.25) is 5.02 Å². The molecule has 10 heteroatoms. The molecule has 2 fully saturated rings. The van der Waals surface area contributed by atoms with Crippen LogP contribution in [0.1, 0.15) is 44.9 Å². The van der Waals surface area contributed by atoms with E-state index in [4.69, 9.17) is 26.1 Å². The molecule has 2 aliphatic heterocycles. The van der Waals surface area contributed by atoms with Gasteiger partial charge in [-0.2, -0.15) is 9.97 Å². The van der Waals surface area contributed by atoms with Crippen molar-refractivity contribution in [2.24, 2.45) is 0 Å². The van der Waals surface area contributed by atoms with Crippen LogP contribution in [-0.2, 0) is 4.74 Å². The van der Waals surface area contributed by atoms with Gasteiger partial charge in [0.25, 0.3) is 0 Å². The van der Waals surface area contributed by atoms with Crippen LogP contribution in [-0.4, -0.2) is 70.9 Å². The summed E-state index contributed by atoms with van der Waals surface area (Å²) in [6.45, 7) is 3.68. The molecule has 6 rings (SSSR count). The van der Waals surface area contributed by atoms with Crippen molar-refractivity contribution in [3.05, 3.63) is 59.7 Å². The molecule has 1 N–H and O–H groups in total. The summed E-state index contributed by atoms with van der Waals surface area (Å²) >= 11 is 6.54. The topological polar surface area (TPSA) is 83.8 Å². The predicted octanol–water partition coefficient (Wildman–Crippen LogP) is 7.12. The number of unbranched alkanes of at least 4 members (excludes halogenated alkanes) is 1. The molecule has 0 bridgehead atoms. The van der Waals surface area contributed by atoms with Crippen LogP contribution in [0.5, 0.6) is 11.8 Å². The number of benzene rings is 2. The lowest BCUT2D eigenvalue weighted by Crippen LogP contribution is -2.35. The number of piperidine rings is 1. The van der Waals surface area contributed by atoms with E-state index in [1.807, 2.05) is 12.1 Å². The highest BCUT2D eigenvalue weighted by atomic mass is 35.5. The van der Waals surface area contributed by atoms with Crippen molar-refractivity contribution in [1.29, 1.82) is 0 Å². The number of halogens is 2. The lowest BCUT2D eigenvalue weighted by atomic mass is 9.98. The van der Waals surface area contributed by atoms with Gasteiger partial charge in [0.15, 0.2) is 5.82 Å². The van der Waals surface area contributed by atoms with Crippen molar-refractivity contribution in [2.75, 3.05) is 44.8 Å². The van der Waals surface area contributed by atoms with Gasteiger partial charge in [0, 0.05) is 47.9 Å². The van der Waals surface area contributed by atoms with Crippen molar-refractivity contribution >= 4 is 39.1 Å². The Bertz CT molecular complexity index is 1630. The Hall–Kier alpha value is -3.53. The van der Waals surface area contributed by atoms with E-state index < -0.39 is 5.82 Å². The first kappa shape index (κ1) is 29.5. The fourth-order valence-electron chi connectivity index (χ4n) is 6.17. The highest BCUT2D eigenvalue weighted by Gasteiger charge is 2.23. The van der Waals surface area contributed by atoms with Gasteiger partial charge in [0.1, 0.15) is 22.8 Å². The van der Waals surface area contributed by atoms with Crippen LogP contribution in [0.4, 0.5) is 10.2 Å². The third-order valence-electron chi connectivity index (χ3n) is 8.43. The first-order chi connectivity index (χ1) is 21.0. The van der Waals surface area contributed by atoms with Gasteiger partial charge in [0.05, 0.1) is 18.3 Å². The number of likely N-dealkylation sites (tertiary alicyclic amines) is 1. The van der Waals surface area contributed by atoms with Crippen molar-refractivity contribution in [3.8, 4) is 23.0 Å². The number of hydrogen-bond acceptors (Lipinski definition) is 8. The van der Waals surface area contributed by atoms with Crippen LogP contribution in [0.3, 0.4) is 0 Å². The summed E-state index contributed by atoms with van der Waals surface area (Å²) in [4.78, 5) is 18.3. The summed E-state index contributed by atoms with van der Waals surface area (Å²) in [5.74, 6) is -0.0937. The number of phenolic OH excluding ortho intramolecular Hbond substituents is 1. The number of phenols is 1. The largest absolute Gasteiger partial charge is 0.508 e. The van der Waals surface area contributed by atoms with E-state index in [0.29, 0.717) is 64.9 Å². The molecule has 2 saturated heterocycles. The van der Waals surface area contributed by atoms with Crippen LogP contribution >= 0.6 is 11.6 Å². The van der Waals surface area contributed by atoms with Crippen molar-refractivity contribution in [1.82, 2.24) is 19.9 Å². The number of ether oxygens (including phenoxy) is 2. The second-order valence-corrected chi connectivity index (χ2v) is 11.8. The number of nitrogens with zero attached hydrogens (tertiary/aromatic N) is 5. The average Bonchev–Trinajstić information content (AvgIpc) is 3.29. The van der Waals surface area contributed by atoms with E-state index in [2.05, 4.69) is 26.8 Å². The van der Waals surface area contributed by atoms with E-state index in [1.165, 1.54) is 31.9 Å². The Morgan fingerprint density at radius 1 is 1.14 bits per heavy atom. The number of fused-ring (bicyclic) bond motifs is 2. The Kier molecular flexibility index (Phi) is 9.21. The molecule has 0 saturated carbocycles. The molecule has 1 atom stereocenters. The lowest BCUT2D eigenvalue weighted by molar-refractivity contribution is 0.152. The number of anilines is 1. The van der Waals surface area contributed by atoms with Crippen molar-refractivity contribution in [2.45, 2.75) is 51.0 Å². The monoisotopic (exact) mass is 605 g/mol. The summed E-state index contributed by atoms with van der Waals surface area (Å²) in [5.41, 5.74) is 0.515. The van der Waals surface area contributed by atoms with E-state index in [9.17, 15) is 5.11 Å². The van der Waals surface area contributed by atoms with Crippen LogP contribution in [0, 0.1) is 5.82 Å². The molecule has 0 aliphatic carbocycles. The number of aromatic nitrogens is 3. The third-order valence-corrected chi connectivity index (χ3v) is 8.75. The molecule has 0 radical (unpaired) electrons. The Morgan fingerprint density at radius 2 is 2.05 bits per heavy atom. The second-order valence-electron chi connectivity index (χ2n) is 11.3. The summed E-state index contributed by atoms with van der Waals surface area (Å²) in [7, 11) is 2.21. The summed E-state index contributed by atoms with van der Waals surface area (Å²) in [6, 6.07) is 9.12. The maximum Gasteiger partial charge on any atom is 0.324 e. The van der Waals surface area contributed by atoms with Crippen LogP contribution in [0.15, 0.2) is 48.9 Å². The standard InChI is InChI=1S/C33H37ClFN5O3/c1-39-13-5-4-11-23(39)10-3-2-6-17-43-33-37-31-26(32(38-33)40-14-8-16-42-18-15-40)21-36-30(29(31)35)25-20-24(41)19-22-9-7-12-27(34)28(22)25/h6-7,9,12,17,19-21,23,41H,2-5,8,10-11,13-16,18H2,1H3/b17-6-/t23-/m1/s1. The molecule has 8 nitrogen and oxygen atoms in total. The Balaban J connectivity index is 1.33. The quantitative estimate of drug-likeness (QED) is 0.168. The zero-order valence-electron chi connectivity index (χ0n) is 24.4. The van der Waals surface area contributed by atoms with E-state index in [1.54, 1.807) is 30.7 Å². The normalized spacial score (nSPS) is 18.5. The van der Waals surface area contributed by atoms with Crippen molar-refractivity contribution in [3.63, 3.8) is 0 Å². The molecular formula is C33H37ClFN5O3. The summed E-state index contributed by atoms with van der Waals surface area (Å²) in [5, 5.41) is 12.6. The van der Waals surface area contributed by atoms with Crippen LogP contribution in [0.25, 0.3) is 32.9 Å². The van der Waals surface area contributed by atoms with E-state index >= 15 is 4.39 Å². The highest BCUT2D eigenvalue weighted by molar-refractivity contribution is 6.36. The second kappa shape index (κ2) is 13.4. The fourth-order valence-corrected chi connectivity index (χ4v) is 6.46. The fraction of sp³-hybridized carbons (Fsp3) is 0.424. The van der Waals surface area contributed by atoms with Gasteiger partial charge in [-0.25, -0.2) is 4.39 Å². The minimum Gasteiger partial charge on any atom is -0.508 e. The van der Waals surface area contributed by atoms with Gasteiger partial charge in [-0.1, -0.05) is 30.2 Å². The molecule has 0 spiro atoms. The smallest absolute Gasteiger partial charge is 0.324 e. The van der Waals surface area contributed by atoms with Crippen molar-refractivity contribution < 1.29 is 19.0 Å². The maximum absolute atomic E-state index is 16.5. The first-order valence-corrected chi connectivity index (χ1v) is 15.5. The zero-order valence-corrected chi connectivity index (χ0v) is 25.2. The molecule has 4 aromatic rings. The predicted molar refractivity (Wildman–Crippen MR) is 168 cm³/mol. The molecule has 0 unspecified atom stereocenters. The van der Waals surface area contributed by atoms with Crippen LogP contribution < -0.4 is 9.64 Å².